The Bertz CT molecular complexity index is 1560. The average molecular weight is 576 g/mol. The molecule has 3 fully saturated rings. The molecule has 3 aliphatic rings. The summed E-state index contributed by atoms with van der Waals surface area (Å²) in [7, 11) is 0. The molecule has 0 unspecified atom stereocenters. The first-order valence-electron chi connectivity index (χ1n) is 13.7. The summed E-state index contributed by atoms with van der Waals surface area (Å²) in [5.74, 6) is 0.741. The molecule has 1 atom stereocenters. The van der Waals surface area contributed by atoms with Crippen LogP contribution in [0.15, 0.2) is 18.3 Å². The van der Waals surface area contributed by atoms with Crippen LogP contribution in [-0.2, 0) is 4.79 Å². The highest BCUT2D eigenvalue weighted by atomic mass is 35.5. The number of halogens is 1. The molecule has 14 heteroatoms. The maximum absolute atomic E-state index is 12.2. The number of benzene rings is 1. The van der Waals surface area contributed by atoms with Gasteiger partial charge in [0.15, 0.2) is 17.2 Å². The summed E-state index contributed by atoms with van der Waals surface area (Å²) < 4.78 is 1.45. The van der Waals surface area contributed by atoms with E-state index in [0.717, 1.165) is 31.6 Å². The molecule has 0 bridgehead atoms. The van der Waals surface area contributed by atoms with Gasteiger partial charge >= 0.3 is 0 Å². The van der Waals surface area contributed by atoms with Gasteiger partial charge in [0.1, 0.15) is 6.07 Å². The second-order valence-corrected chi connectivity index (χ2v) is 11.2. The zero-order valence-electron chi connectivity index (χ0n) is 22.6. The van der Waals surface area contributed by atoms with Crippen molar-refractivity contribution in [1.29, 1.82) is 10.5 Å². The molecule has 3 N–H and O–H groups in total. The minimum Gasteiger partial charge on any atom is -0.393 e. The minimum atomic E-state index is -0.629. The number of fused-ring (bicyclic) bond motifs is 1. The van der Waals surface area contributed by atoms with E-state index in [1.807, 2.05) is 0 Å². The predicted octanol–water partition coefficient (Wildman–Crippen LogP) is 1.94. The number of likely N-dealkylation sites (tertiary alicyclic amines) is 1. The number of anilines is 4. The molecule has 0 spiro atoms. The molecule has 13 nitrogen and oxygen atoms in total. The summed E-state index contributed by atoms with van der Waals surface area (Å²) in [5.41, 5.74) is 2.43. The summed E-state index contributed by atoms with van der Waals surface area (Å²) in [6.07, 6.45) is 3.07. The summed E-state index contributed by atoms with van der Waals surface area (Å²) in [6.45, 7) is 6.00. The van der Waals surface area contributed by atoms with Crippen molar-refractivity contribution in [2.45, 2.75) is 44.4 Å². The number of amides is 1. The maximum atomic E-state index is 12.2. The van der Waals surface area contributed by atoms with Gasteiger partial charge in [-0.3, -0.25) is 9.69 Å². The van der Waals surface area contributed by atoms with Crippen molar-refractivity contribution in [3.63, 3.8) is 0 Å². The van der Waals surface area contributed by atoms with Crippen LogP contribution in [0.3, 0.4) is 0 Å². The molecule has 2 aliphatic heterocycles. The van der Waals surface area contributed by atoms with Gasteiger partial charge in [0.2, 0.25) is 11.9 Å². The van der Waals surface area contributed by atoms with E-state index in [-0.39, 0.29) is 24.0 Å². The number of piperazine rings is 1. The number of carbonyl (C=O) groups is 1. The molecule has 212 valence electrons. The van der Waals surface area contributed by atoms with Crippen molar-refractivity contribution >= 4 is 46.3 Å². The Labute approximate surface area is 241 Å². The number of aliphatic hydroxyl groups is 1. The molecule has 1 amide bonds. The van der Waals surface area contributed by atoms with Gasteiger partial charge in [-0.05, 0) is 31.9 Å². The smallest absolute Gasteiger partial charge is 0.247 e. The van der Waals surface area contributed by atoms with Crippen molar-refractivity contribution in [3.05, 3.63) is 34.6 Å². The van der Waals surface area contributed by atoms with E-state index in [1.165, 1.54) is 10.7 Å². The molecular weight excluding hydrogens is 546 g/mol. The summed E-state index contributed by atoms with van der Waals surface area (Å²) in [4.78, 5) is 27.4. The topological polar surface area (TPSA) is 162 Å². The Morgan fingerprint density at radius 3 is 2.61 bits per heavy atom. The van der Waals surface area contributed by atoms with Gasteiger partial charge in [0, 0.05) is 51.4 Å². The van der Waals surface area contributed by atoms with E-state index in [9.17, 15) is 20.4 Å². The molecule has 41 heavy (non-hydrogen) atoms. The van der Waals surface area contributed by atoms with Crippen molar-refractivity contribution in [2.24, 2.45) is 0 Å². The molecule has 3 aromatic rings. The molecule has 1 aliphatic carbocycles. The van der Waals surface area contributed by atoms with E-state index in [2.05, 4.69) is 47.6 Å². The number of nitrogens with zero attached hydrogens (tertiary/aromatic N) is 9. The lowest BCUT2D eigenvalue weighted by molar-refractivity contribution is -0.140. The fourth-order valence-corrected chi connectivity index (χ4v) is 5.52. The molecule has 1 aromatic carbocycles. The van der Waals surface area contributed by atoms with Gasteiger partial charge in [-0.1, -0.05) is 11.6 Å². The lowest BCUT2D eigenvalue weighted by Gasteiger charge is -2.48. The van der Waals surface area contributed by atoms with E-state index in [0.29, 0.717) is 66.0 Å². The highest BCUT2D eigenvalue weighted by Gasteiger charge is 2.36. The number of aromatic nitrogens is 4. The quantitative estimate of drug-likeness (QED) is 0.360. The zero-order valence-corrected chi connectivity index (χ0v) is 23.3. The standard InChI is InChI=1S/C27H30ClN11O2/c1-16(40)8-23(41)38-14-20(15-38)36-4-6-37(7-5-36)22-10-17(11-29)9-21(24(22)28)33-27-34-25(32-18-2-3-18)26-31-13-19(12-30)39(26)35-27/h9-10,13,16,18,20,40H,2-8,14-15H2,1H3,(H2,32,33,34,35)/t16-/m1/s1. The van der Waals surface area contributed by atoms with Gasteiger partial charge in [-0.2, -0.15) is 20.0 Å². The largest absolute Gasteiger partial charge is 0.393 e. The molecule has 2 saturated heterocycles. The fraction of sp³-hybridized carbons (Fsp3) is 0.481. The van der Waals surface area contributed by atoms with Gasteiger partial charge in [0.25, 0.3) is 0 Å². The predicted molar refractivity (Wildman–Crippen MR) is 152 cm³/mol. The van der Waals surface area contributed by atoms with Crippen LogP contribution in [0, 0.1) is 22.7 Å². The van der Waals surface area contributed by atoms with Crippen molar-refractivity contribution in [1.82, 2.24) is 29.4 Å². The summed E-state index contributed by atoms with van der Waals surface area (Å²) >= 11 is 6.91. The Balaban J connectivity index is 1.18. The third-order valence-electron chi connectivity index (χ3n) is 7.68. The van der Waals surface area contributed by atoms with Crippen molar-refractivity contribution in [2.75, 3.05) is 54.8 Å². The molecule has 2 aromatic heterocycles. The van der Waals surface area contributed by atoms with Crippen LogP contribution in [0.2, 0.25) is 5.02 Å². The van der Waals surface area contributed by atoms with Crippen LogP contribution < -0.4 is 15.5 Å². The lowest BCUT2D eigenvalue weighted by Crippen LogP contribution is -2.64. The number of nitriles is 2. The number of hydrogen-bond donors (Lipinski definition) is 3. The van der Waals surface area contributed by atoms with Crippen LogP contribution >= 0.6 is 11.6 Å². The second kappa shape index (κ2) is 11.0. The zero-order chi connectivity index (χ0) is 28.7. The Hall–Kier alpha value is -4.17. The van der Waals surface area contributed by atoms with E-state index >= 15 is 0 Å². The number of nitrogens with one attached hydrogen (secondary N) is 2. The minimum absolute atomic E-state index is 0.00882. The SMILES string of the molecule is C[C@@H](O)CC(=O)N1CC(N2CCN(c3cc(C#N)cc(Nc4nc(NC5CC5)c5ncc(C#N)n5n4)c3Cl)CC2)C1. The molecular formula is C27H30ClN11O2. The van der Waals surface area contributed by atoms with Crippen LogP contribution in [0.25, 0.3) is 5.65 Å². The van der Waals surface area contributed by atoms with Gasteiger partial charge in [-0.15, -0.1) is 5.10 Å². The molecule has 6 rings (SSSR count). The number of rotatable bonds is 8. The molecule has 0 radical (unpaired) electrons. The first-order valence-corrected chi connectivity index (χ1v) is 14.1. The van der Waals surface area contributed by atoms with Crippen molar-refractivity contribution in [3.8, 4) is 12.1 Å². The first-order chi connectivity index (χ1) is 19.8. The molecule has 1 saturated carbocycles. The first kappa shape index (κ1) is 27.0. The lowest BCUT2D eigenvalue weighted by atomic mass is 10.0. The second-order valence-electron chi connectivity index (χ2n) is 10.8. The van der Waals surface area contributed by atoms with E-state index in [1.54, 1.807) is 24.0 Å². The maximum Gasteiger partial charge on any atom is 0.247 e. The number of imidazole rings is 1. The number of carbonyl (C=O) groups excluding carboxylic acids is 1. The monoisotopic (exact) mass is 575 g/mol. The Morgan fingerprint density at radius 2 is 1.95 bits per heavy atom. The van der Waals surface area contributed by atoms with Crippen LogP contribution in [0.1, 0.15) is 37.4 Å². The fourth-order valence-electron chi connectivity index (χ4n) is 5.24. The Kier molecular flexibility index (Phi) is 7.26. The molecule has 4 heterocycles. The highest BCUT2D eigenvalue weighted by Crippen LogP contribution is 2.37. The summed E-state index contributed by atoms with van der Waals surface area (Å²) in [5, 5.41) is 40.2. The van der Waals surface area contributed by atoms with Crippen molar-refractivity contribution < 1.29 is 9.90 Å². The van der Waals surface area contributed by atoms with E-state index < -0.39 is 6.10 Å². The van der Waals surface area contributed by atoms with Gasteiger partial charge in [0.05, 0.1) is 46.8 Å². The highest BCUT2D eigenvalue weighted by molar-refractivity contribution is 6.36. The number of aliphatic hydroxyl groups excluding tert-OH is 1. The van der Waals surface area contributed by atoms with Crippen LogP contribution in [-0.4, -0.2) is 97.9 Å². The average Bonchev–Trinajstić information content (AvgIpc) is 3.64. The van der Waals surface area contributed by atoms with Gasteiger partial charge in [-0.25, -0.2) is 4.98 Å². The number of hydrogen-bond acceptors (Lipinski definition) is 11. The summed E-state index contributed by atoms with van der Waals surface area (Å²) in [6, 6.07) is 8.39. The van der Waals surface area contributed by atoms with E-state index in [4.69, 9.17) is 11.6 Å². The van der Waals surface area contributed by atoms with Gasteiger partial charge < -0.3 is 25.5 Å². The third-order valence-corrected chi connectivity index (χ3v) is 8.08. The van der Waals surface area contributed by atoms with Crippen LogP contribution in [0.5, 0.6) is 0 Å². The third kappa shape index (κ3) is 5.57. The van der Waals surface area contributed by atoms with Crippen LogP contribution in [0.4, 0.5) is 23.1 Å². The normalized spacial score (nSPS) is 18.5. The Morgan fingerprint density at radius 1 is 1.20 bits per heavy atom.